The van der Waals surface area contributed by atoms with Gasteiger partial charge in [0.15, 0.2) is 23.5 Å². The van der Waals surface area contributed by atoms with E-state index in [1.54, 1.807) is 26.8 Å². The van der Waals surface area contributed by atoms with Crippen LogP contribution in [0, 0.1) is 22.7 Å². The Hall–Kier alpha value is -2.75. The van der Waals surface area contributed by atoms with E-state index in [0.717, 1.165) is 0 Å². The predicted octanol–water partition coefficient (Wildman–Crippen LogP) is -0.973. The highest BCUT2D eigenvalue weighted by molar-refractivity contribution is 5.87. The summed E-state index contributed by atoms with van der Waals surface area (Å²) in [6, 6.07) is 3.02. The summed E-state index contributed by atoms with van der Waals surface area (Å²) in [7, 11) is 0. The molecule has 238 valence electrons. The van der Waals surface area contributed by atoms with Gasteiger partial charge in [-0.25, -0.2) is 4.79 Å². The van der Waals surface area contributed by atoms with Crippen molar-refractivity contribution in [1.29, 1.82) is 0 Å². The summed E-state index contributed by atoms with van der Waals surface area (Å²) in [6.07, 6.45) is -2.13. The molecule has 4 saturated carbocycles. The summed E-state index contributed by atoms with van der Waals surface area (Å²) >= 11 is 0. The third-order valence-corrected chi connectivity index (χ3v) is 12.1. The molecule has 4 aliphatic carbocycles. The van der Waals surface area contributed by atoms with Crippen LogP contribution in [0.25, 0.3) is 0 Å². The van der Waals surface area contributed by atoms with Gasteiger partial charge in [0.1, 0.15) is 34.2 Å². The number of esters is 2. The Labute approximate surface area is 248 Å². The third kappa shape index (κ3) is 2.77. The fourth-order valence-corrected chi connectivity index (χ4v) is 10.2. The number of nitrogens with zero attached hydrogens (tertiary/aromatic N) is 1. The summed E-state index contributed by atoms with van der Waals surface area (Å²) in [5.74, 6) is -5.64. The molecule has 6 fully saturated rings. The fraction of sp³-hybridized carbons (Fsp3) is 0.759. The second-order valence-electron chi connectivity index (χ2n) is 13.9. The van der Waals surface area contributed by atoms with Crippen LogP contribution in [-0.4, -0.2) is 101 Å². The van der Waals surface area contributed by atoms with Crippen LogP contribution in [0.15, 0.2) is 23.3 Å². The van der Waals surface area contributed by atoms with Gasteiger partial charge in [0, 0.05) is 18.0 Å². The number of carbonyl (C=O) groups is 2. The van der Waals surface area contributed by atoms with E-state index in [2.05, 4.69) is 9.98 Å². The number of hydrogen-bond donors (Lipinski definition) is 8. The summed E-state index contributed by atoms with van der Waals surface area (Å²) in [6.45, 7) is 7.74. The Morgan fingerprint density at radius 2 is 1.84 bits per heavy atom. The molecule has 0 radical (unpaired) electrons. The first-order valence-electron chi connectivity index (χ1n) is 14.7. The van der Waals surface area contributed by atoms with E-state index in [4.69, 9.17) is 25.7 Å². The van der Waals surface area contributed by atoms with Gasteiger partial charge in [-0.05, 0) is 43.7 Å². The van der Waals surface area contributed by atoms with Crippen LogP contribution in [0.4, 0.5) is 0 Å². The lowest BCUT2D eigenvalue weighted by atomic mass is 9.52. The van der Waals surface area contributed by atoms with Gasteiger partial charge in [0.2, 0.25) is 0 Å². The number of aromatic nitrogens is 1. The lowest BCUT2D eigenvalue weighted by Crippen LogP contribution is -2.75. The van der Waals surface area contributed by atoms with Crippen molar-refractivity contribution in [2.24, 2.45) is 39.1 Å². The summed E-state index contributed by atoms with van der Waals surface area (Å²) in [5.41, 5.74) is -5.28. The van der Waals surface area contributed by atoms with Gasteiger partial charge in [-0.2, -0.15) is 0 Å². The summed E-state index contributed by atoms with van der Waals surface area (Å²) in [5, 5.41) is 64.3. The Morgan fingerprint density at radius 1 is 1.16 bits per heavy atom. The number of nitrogens with one attached hydrogen (secondary N) is 1. The Bertz CT molecular complexity index is 1400. The van der Waals surface area contributed by atoms with Crippen LogP contribution < -0.4 is 11.5 Å². The van der Waals surface area contributed by atoms with Gasteiger partial charge in [-0.3, -0.25) is 9.79 Å². The van der Waals surface area contributed by atoms with Gasteiger partial charge in [-0.1, -0.05) is 27.7 Å². The van der Waals surface area contributed by atoms with E-state index in [1.807, 2.05) is 0 Å². The van der Waals surface area contributed by atoms with Crippen molar-refractivity contribution < 1.29 is 49.3 Å². The van der Waals surface area contributed by atoms with Crippen molar-refractivity contribution in [3.05, 3.63) is 24.0 Å². The zero-order valence-electron chi connectivity index (χ0n) is 25.0. The van der Waals surface area contributed by atoms with Crippen LogP contribution >= 0.6 is 0 Å². The Balaban J connectivity index is 1.58. The molecule has 1 aromatic heterocycles. The van der Waals surface area contributed by atoms with Crippen molar-refractivity contribution in [3.63, 3.8) is 0 Å². The van der Waals surface area contributed by atoms with Crippen LogP contribution in [0.1, 0.15) is 70.8 Å². The molecule has 2 saturated heterocycles. The number of aliphatic imine (C=N–C) groups is 1. The lowest BCUT2D eigenvalue weighted by Gasteiger charge is -2.61. The van der Waals surface area contributed by atoms with Gasteiger partial charge >= 0.3 is 11.9 Å². The molecule has 1 aromatic rings. The smallest absolute Gasteiger partial charge is 0.355 e. The number of aliphatic hydroxyl groups is 5. The monoisotopic (exact) mass is 606 g/mol. The predicted molar refractivity (Wildman–Crippen MR) is 148 cm³/mol. The van der Waals surface area contributed by atoms with E-state index in [9.17, 15) is 35.1 Å². The highest BCUT2D eigenvalue weighted by atomic mass is 16.7. The third-order valence-electron chi connectivity index (χ3n) is 12.1. The second kappa shape index (κ2) is 8.49. The average molecular weight is 607 g/mol. The minimum atomic E-state index is -2.71. The molecule has 0 unspecified atom stereocenters. The number of carbonyl (C=O) groups excluding carboxylic acids is 2. The van der Waals surface area contributed by atoms with Crippen molar-refractivity contribution >= 4 is 17.9 Å². The standard InChI is InChI=1S/C29H42N4O10/c1-14(2)26(38)20(42-19(35)16-7-6-11-32-16)27(39)22(4)13-25(37)23(26,5)29(27,40)28(43-25)18(15(3)8-10-24(22,28)36)41-17(34)9-12-33-21(30)31/h6-7,11,14-15,18,20,32,36-40H,8-10,12-13H2,1-5H3,(H4,30,31,33)/t15-,18+,20+,22-,23-,24-,25-,26+,27+,28+,29+/m0/s1. The molecular weight excluding hydrogens is 564 g/mol. The number of aromatic amines is 1. The molecule has 14 heteroatoms. The zero-order valence-corrected chi connectivity index (χ0v) is 25.0. The Morgan fingerprint density at radius 3 is 2.42 bits per heavy atom. The number of nitrogens with two attached hydrogens (primary N) is 2. The topological polar surface area (TPSA) is 243 Å². The van der Waals surface area contributed by atoms with E-state index in [-0.39, 0.29) is 31.0 Å². The SMILES string of the molecule is CC(C)[C@@]1(O)[C@@H](OC(=O)c2ccc[nH]2)[C@@]2(O)[C@@]3(C)C[C@]4(O)O[C@@]5([C@H](OC(=O)CCN=C(N)N)[C@@H](C)CC[C@]35O)[C@@]2(O)[C@]14C. The highest BCUT2D eigenvalue weighted by Crippen LogP contribution is 2.90. The molecule has 6 bridgehead atoms. The van der Waals surface area contributed by atoms with Gasteiger partial charge < -0.3 is 56.2 Å². The van der Waals surface area contributed by atoms with Gasteiger partial charge in [0.25, 0.3) is 0 Å². The lowest BCUT2D eigenvalue weighted by molar-refractivity contribution is -0.390. The molecule has 10 N–H and O–H groups in total. The maximum Gasteiger partial charge on any atom is 0.355 e. The second-order valence-corrected chi connectivity index (χ2v) is 13.9. The number of hydrogen-bond acceptors (Lipinski definition) is 11. The Kier molecular flexibility index (Phi) is 5.98. The molecule has 0 amide bonds. The van der Waals surface area contributed by atoms with E-state index in [0.29, 0.717) is 6.42 Å². The molecule has 11 atom stereocenters. The van der Waals surface area contributed by atoms with Gasteiger partial charge in [-0.15, -0.1) is 0 Å². The number of H-pyrrole nitrogens is 1. The van der Waals surface area contributed by atoms with E-state index in [1.165, 1.54) is 26.1 Å². The molecule has 6 aliphatic rings. The minimum Gasteiger partial charge on any atom is -0.459 e. The molecule has 1 spiro atoms. The molecule has 3 heterocycles. The fourth-order valence-electron chi connectivity index (χ4n) is 10.2. The van der Waals surface area contributed by atoms with E-state index < -0.39 is 87.0 Å². The maximum atomic E-state index is 13.4. The maximum absolute atomic E-state index is 13.4. The summed E-state index contributed by atoms with van der Waals surface area (Å²) < 4.78 is 18.4. The van der Waals surface area contributed by atoms with Crippen LogP contribution in [0.5, 0.6) is 0 Å². The van der Waals surface area contributed by atoms with Crippen molar-refractivity contribution in [2.45, 2.75) is 106 Å². The van der Waals surface area contributed by atoms with Crippen LogP contribution in [0.2, 0.25) is 0 Å². The number of ether oxygens (including phenoxy) is 3. The largest absolute Gasteiger partial charge is 0.459 e. The van der Waals surface area contributed by atoms with Crippen LogP contribution in [0.3, 0.4) is 0 Å². The zero-order chi connectivity index (χ0) is 31.8. The number of guanidine groups is 1. The van der Waals surface area contributed by atoms with E-state index >= 15 is 0 Å². The molecule has 2 aliphatic heterocycles. The molecule has 7 rings (SSSR count). The first-order chi connectivity index (χ1) is 19.8. The first-order valence-corrected chi connectivity index (χ1v) is 14.7. The average Bonchev–Trinajstić information content (AvgIpc) is 3.54. The molecular formula is C29H42N4O10. The number of rotatable bonds is 7. The van der Waals surface area contributed by atoms with Crippen LogP contribution in [-0.2, 0) is 19.0 Å². The van der Waals surface area contributed by atoms with Crippen molar-refractivity contribution in [3.8, 4) is 0 Å². The highest BCUT2D eigenvalue weighted by Gasteiger charge is 3.10. The van der Waals surface area contributed by atoms with Crippen molar-refractivity contribution in [2.75, 3.05) is 6.54 Å². The van der Waals surface area contributed by atoms with Crippen molar-refractivity contribution in [1.82, 2.24) is 4.98 Å². The van der Waals surface area contributed by atoms with Gasteiger partial charge in [0.05, 0.1) is 18.4 Å². The molecule has 0 aromatic carbocycles. The first kappa shape index (κ1) is 30.3. The summed E-state index contributed by atoms with van der Waals surface area (Å²) in [4.78, 5) is 33.1. The molecule has 14 nitrogen and oxygen atoms in total. The molecule has 43 heavy (non-hydrogen) atoms. The minimum absolute atomic E-state index is 0.0130. The quantitative estimate of drug-likeness (QED) is 0.106. The normalized spacial score (nSPS) is 50.5.